The first kappa shape index (κ1) is 19.4. The number of carbonyl (C=O) groups excluding carboxylic acids is 1. The number of benzene rings is 1. The van der Waals surface area contributed by atoms with Gasteiger partial charge in [-0.3, -0.25) is 4.79 Å². The summed E-state index contributed by atoms with van der Waals surface area (Å²) in [5.74, 6) is 0.717. The summed E-state index contributed by atoms with van der Waals surface area (Å²) in [5, 5.41) is 7.67. The number of anilines is 2. The molecule has 3 heterocycles. The van der Waals surface area contributed by atoms with Crippen molar-refractivity contribution in [1.82, 2.24) is 19.7 Å². The molecule has 1 saturated heterocycles. The van der Waals surface area contributed by atoms with Crippen LogP contribution in [0, 0.1) is 20.8 Å². The van der Waals surface area contributed by atoms with E-state index in [1.807, 2.05) is 39.0 Å². The number of hydrogen-bond acceptors (Lipinski definition) is 5. The SMILES string of the molecule is Cc1cc(C)cc(-n2nc(C)cc2NC(=O)c2nc(N3CCCC3)ncc2Cl)c1. The topological polar surface area (TPSA) is 75.9 Å². The van der Waals surface area contributed by atoms with Crippen LogP contribution in [0.3, 0.4) is 0 Å². The number of aromatic nitrogens is 4. The number of rotatable bonds is 4. The quantitative estimate of drug-likeness (QED) is 0.700. The van der Waals surface area contributed by atoms with Gasteiger partial charge in [0.1, 0.15) is 5.82 Å². The molecule has 2 aromatic heterocycles. The lowest BCUT2D eigenvalue weighted by atomic mass is 10.1. The Morgan fingerprint density at radius 1 is 1.07 bits per heavy atom. The van der Waals surface area contributed by atoms with Gasteiger partial charge in [0.2, 0.25) is 5.95 Å². The summed E-state index contributed by atoms with van der Waals surface area (Å²) in [4.78, 5) is 23.8. The van der Waals surface area contributed by atoms with Gasteiger partial charge in [0, 0.05) is 19.2 Å². The molecular formula is C21H23ClN6O. The zero-order valence-electron chi connectivity index (χ0n) is 16.7. The van der Waals surface area contributed by atoms with Crippen LogP contribution in [0.4, 0.5) is 11.8 Å². The maximum Gasteiger partial charge on any atom is 0.277 e. The van der Waals surface area contributed by atoms with Crippen LogP contribution in [-0.2, 0) is 0 Å². The summed E-state index contributed by atoms with van der Waals surface area (Å²) >= 11 is 6.24. The molecule has 1 aliphatic rings. The number of carbonyl (C=O) groups is 1. The smallest absolute Gasteiger partial charge is 0.277 e. The van der Waals surface area contributed by atoms with Crippen LogP contribution in [0.25, 0.3) is 5.69 Å². The molecule has 0 bridgehead atoms. The highest BCUT2D eigenvalue weighted by Crippen LogP contribution is 2.23. The van der Waals surface area contributed by atoms with E-state index in [0.717, 1.165) is 48.4 Å². The molecule has 0 aliphatic carbocycles. The van der Waals surface area contributed by atoms with Crippen molar-refractivity contribution in [1.29, 1.82) is 0 Å². The Labute approximate surface area is 174 Å². The fourth-order valence-electron chi connectivity index (χ4n) is 3.62. The molecule has 1 amide bonds. The molecule has 0 unspecified atom stereocenters. The average Bonchev–Trinajstić information content (AvgIpc) is 3.31. The molecule has 150 valence electrons. The Bertz CT molecular complexity index is 1050. The van der Waals surface area contributed by atoms with E-state index >= 15 is 0 Å². The van der Waals surface area contributed by atoms with Crippen molar-refractivity contribution in [3.63, 3.8) is 0 Å². The predicted octanol–water partition coefficient (Wildman–Crippen LogP) is 4.09. The molecule has 4 rings (SSSR count). The van der Waals surface area contributed by atoms with Gasteiger partial charge in [0.15, 0.2) is 5.69 Å². The van der Waals surface area contributed by atoms with Gasteiger partial charge < -0.3 is 10.2 Å². The average molecular weight is 411 g/mol. The standard InChI is InChI=1S/C21H23ClN6O/c1-13-8-14(2)10-16(9-13)28-18(11-15(3)26-28)24-20(29)19-17(22)12-23-21(25-19)27-6-4-5-7-27/h8-12H,4-7H2,1-3H3,(H,24,29). The van der Waals surface area contributed by atoms with E-state index in [4.69, 9.17) is 11.6 Å². The Morgan fingerprint density at radius 3 is 2.45 bits per heavy atom. The van der Waals surface area contributed by atoms with E-state index in [1.54, 1.807) is 4.68 Å². The summed E-state index contributed by atoms with van der Waals surface area (Å²) < 4.78 is 1.73. The van der Waals surface area contributed by atoms with Gasteiger partial charge in [-0.15, -0.1) is 0 Å². The lowest BCUT2D eigenvalue weighted by Crippen LogP contribution is -2.23. The summed E-state index contributed by atoms with van der Waals surface area (Å²) in [6.07, 6.45) is 3.69. The van der Waals surface area contributed by atoms with Crippen molar-refractivity contribution in [3.8, 4) is 5.69 Å². The third-order valence-corrected chi connectivity index (χ3v) is 5.14. The molecule has 1 aromatic carbocycles. The Balaban J connectivity index is 1.65. The largest absolute Gasteiger partial charge is 0.341 e. The van der Waals surface area contributed by atoms with E-state index in [9.17, 15) is 4.79 Å². The number of aryl methyl sites for hydroxylation is 3. The molecule has 0 saturated carbocycles. The predicted molar refractivity (Wildman–Crippen MR) is 114 cm³/mol. The molecule has 1 N–H and O–H groups in total. The van der Waals surface area contributed by atoms with Crippen molar-refractivity contribution in [2.75, 3.05) is 23.3 Å². The van der Waals surface area contributed by atoms with Gasteiger partial charge in [-0.25, -0.2) is 14.6 Å². The normalized spacial score (nSPS) is 13.7. The molecule has 8 heteroatoms. The highest BCUT2D eigenvalue weighted by Gasteiger charge is 2.21. The van der Waals surface area contributed by atoms with Gasteiger partial charge in [-0.1, -0.05) is 17.7 Å². The molecule has 29 heavy (non-hydrogen) atoms. The maximum absolute atomic E-state index is 13.0. The van der Waals surface area contributed by atoms with Gasteiger partial charge in [0.25, 0.3) is 5.91 Å². The first-order valence-corrected chi connectivity index (χ1v) is 10.0. The fourth-order valence-corrected chi connectivity index (χ4v) is 3.80. The maximum atomic E-state index is 13.0. The van der Waals surface area contributed by atoms with Gasteiger partial charge in [-0.05, 0) is 56.9 Å². The van der Waals surface area contributed by atoms with E-state index < -0.39 is 0 Å². The number of nitrogens with one attached hydrogen (secondary N) is 1. The second-order valence-corrected chi connectivity index (χ2v) is 7.85. The van der Waals surface area contributed by atoms with Crippen LogP contribution in [0.15, 0.2) is 30.5 Å². The summed E-state index contributed by atoms with van der Waals surface area (Å²) in [6.45, 7) is 7.73. The Morgan fingerprint density at radius 2 is 1.76 bits per heavy atom. The lowest BCUT2D eigenvalue weighted by molar-refractivity contribution is 0.102. The van der Waals surface area contributed by atoms with Crippen LogP contribution < -0.4 is 10.2 Å². The number of hydrogen-bond donors (Lipinski definition) is 1. The van der Waals surface area contributed by atoms with E-state index in [2.05, 4.69) is 31.3 Å². The van der Waals surface area contributed by atoms with Gasteiger partial charge in [0.05, 0.1) is 22.6 Å². The third kappa shape index (κ3) is 4.10. The Hall–Kier alpha value is -2.93. The molecule has 0 atom stereocenters. The first-order valence-electron chi connectivity index (χ1n) is 9.65. The summed E-state index contributed by atoms with van der Waals surface area (Å²) in [6, 6.07) is 7.97. The van der Waals surface area contributed by atoms with Crippen LogP contribution in [-0.4, -0.2) is 38.7 Å². The van der Waals surface area contributed by atoms with Crippen LogP contribution >= 0.6 is 11.6 Å². The second-order valence-electron chi connectivity index (χ2n) is 7.44. The van der Waals surface area contributed by atoms with Crippen molar-refractivity contribution in [2.45, 2.75) is 33.6 Å². The molecule has 3 aromatic rings. The van der Waals surface area contributed by atoms with Crippen LogP contribution in [0.1, 0.15) is 40.2 Å². The third-order valence-electron chi connectivity index (χ3n) is 4.86. The highest BCUT2D eigenvalue weighted by atomic mass is 35.5. The minimum absolute atomic E-state index is 0.161. The Kier molecular flexibility index (Phi) is 5.24. The van der Waals surface area contributed by atoms with Crippen molar-refractivity contribution in [3.05, 3.63) is 58.0 Å². The number of halogens is 1. The van der Waals surface area contributed by atoms with Gasteiger partial charge in [-0.2, -0.15) is 5.10 Å². The van der Waals surface area contributed by atoms with Crippen molar-refractivity contribution < 1.29 is 4.79 Å². The fraction of sp³-hybridized carbons (Fsp3) is 0.333. The zero-order chi connectivity index (χ0) is 20.5. The van der Waals surface area contributed by atoms with Crippen LogP contribution in [0.2, 0.25) is 5.02 Å². The molecule has 7 nitrogen and oxygen atoms in total. The van der Waals surface area contributed by atoms with E-state index in [1.165, 1.54) is 6.20 Å². The number of amides is 1. The summed E-state index contributed by atoms with van der Waals surface area (Å²) in [5.41, 5.74) is 4.09. The molecule has 0 radical (unpaired) electrons. The van der Waals surface area contributed by atoms with E-state index in [0.29, 0.717) is 11.8 Å². The van der Waals surface area contributed by atoms with Crippen LogP contribution in [0.5, 0.6) is 0 Å². The van der Waals surface area contributed by atoms with E-state index in [-0.39, 0.29) is 16.6 Å². The monoisotopic (exact) mass is 410 g/mol. The van der Waals surface area contributed by atoms with Gasteiger partial charge >= 0.3 is 0 Å². The lowest BCUT2D eigenvalue weighted by Gasteiger charge is -2.16. The molecule has 0 spiro atoms. The summed E-state index contributed by atoms with van der Waals surface area (Å²) in [7, 11) is 0. The zero-order valence-corrected chi connectivity index (χ0v) is 17.5. The first-order chi connectivity index (χ1) is 13.9. The molecule has 1 aliphatic heterocycles. The molecular weight excluding hydrogens is 388 g/mol. The minimum atomic E-state index is -0.386. The minimum Gasteiger partial charge on any atom is -0.341 e. The molecule has 1 fully saturated rings. The van der Waals surface area contributed by atoms with Crippen molar-refractivity contribution in [2.24, 2.45) is 0 Å². The highest BCUT2D eigenvalue weighted by molar-refractivity contribution is 6.34. The number of nitrogens with zero attached hydrogens (tertiary/aromatic N) is 5. The second kappa shape index (κ2) is 7.83. The van der Waals surface area contributed by atoms with Crippen molar-refractivity contribution >= 4 is 29.3 Å².